The molecule has 0 saturated heterocycles. The minimum atomic E-state index is -0.966. The predicted octanol–water partition coefficient (Wildman–Crippen LogP) is 1.49. The molecule has 1 aromatic carbocycles. The summed E-state index contributed by atoms with van der Waals surface area (Å²) in [5.41, 5.74) is 0.730. The van der Waals surface area contributed by atoms with Gasteiger partial charge in [-0.05, 0) is 11.6 Å². The lowest BCUT2D eigenvalue weighted by Crippen LogP contribution is -2.35. The molecule has 0 spiro atoms. The van der Waals surface area contributed by atoms with Gasteiger partial charge in [-0.15, -0.1) is 0 Å². The van der Waals surface area contributed by atoms with Crippen LogP contribution in [0.15, 0.2) is 24.3 Å². The normalized spacial score (nSPS) is 11.9. The molecule has 1 rings (SSSR count). The number of rotatable bonds is 7. The molecule has 6 heteroatoms. The van der Waals surface area contributed by atoms with Crippen molar-refractivity contribution < 1.29 is 19.4 Å². The van der Waals surface area contributed by atoms with Gasteiger partial charge in [0.1, 0.15) is 0 Å². The molecule has 0 aliphatic rings. The highest BCUT2D eigenvalue weighted by atomic mass is 35.5. The summed E-state index contributed by atoms with van der Waals surface area (Å²) < 4.78 is 4.96. The van der Waals surface area contributed by atoms with Gasteiger partial charge < -0.3 is 15.2 Å². The SMILES string of the molecule is COC(CNC(=O)Cc1ccccc1Cl)CC(=O)O. The van der Waals surface area contributed by atoms with Gasteiger partial charge in [-0.25, -0.2) is 0 Å². The first kappa shape index (κ1) is 15.5. The molecule has 1 aromatic rings. The number of hydrogen-bond donors (Lipinski definition) is 2. The molecular weight excluding hydrogens is 270 g/mol. The Labute approximate surface area is 116 Å². The van der Waals surface area contributed by atoms with E-state index in [1.165, 1.54) is 7.11 Å². The third-order valence-corrected chi connectivity index (χ3v) is 2.94. The van der Waals surface area contributed by atoms with E-state index in [1.807, 2.05) is 0 Å². The maximum Gasteiger partial charge on any atom is 0.306 e. The summed E-state index contributed by atoms with van der Waals surface area (Å²) in [7, 11) is 1.41. The first-order valence-corrected chi connectivity index (χ1v) is 6.15. The van der Waals surface area contributed by atoms with Crippen LogP contribution in [0, 0.1) is 0 Å². The standard InChI is InChI=1S/C13H16ClNO4/c1-19-10(7-13(17)18)8-15-12(16)6-9-4-2-3-5-11(9)14/h2-5,10H,6-8H2,1H3,(H,15,16)(H,17,18). The average molecular weight is 286 g/mol. The second-order valence-corrected chi connectivity index (χ2v) is 4.44. The van der Waals surface area contributed by atoms with Gasteiger partial charge in [0.15, 0.2) is 0 Å². The lowest BCUT2D eigenvalue weighted by molar-refractivity contribution is -0.140. The number of carboxylic acids is 1. The summed E-state index contributed by atoms with van der Waals surface area (Å²) in [4.78, 5) is 22.2. The van der Waals surface area contributed by atoms with Crippen molar-refractivity contribution in [3.63, 3.8) is 0 Å². The van der Waals surface area contributed by atoms with E-state index in [1.54, 1.807) is 24.3 Å². The molecule has 5 nitrogen and oxygen atoms in total. The van der Waals surface area contributed by atoms with Gasteiger partial charge in [-0.2, -0.15) is 0 Å². The van der Waals surface area contributed by atoms with Crippen LogP contribution in [0.5, 0.6) is 0 Å². The van der Waals surface area contributed by atoms with Crippen molar-refractivity contribution in [2.75, 3.05) is 13.7 Å². The number of ether oxygens (including phenoxy) is 1. The van der Waals surface area contributed by atoms with Crippen LogP contribution < -0.4 is 5.32 Å². The number of benzene rings is 1. The lowest BCUT2D eigenvalue weighted by atomic mass is 10.1. The van der Waals surface area contributed by atoms with E-state index in [9.17, 15) is 9.59 Å². The van der Waals surface area contributed by atoms with Crippen LogP contribution in [-0.4, -0.2) is 36.7 Å². The molecule has 1 amide bonds. The maximum absolute atomic E-state index is 11.7. The van der Waals surface area contributed by atoms with E-state index in [-0.39, 0.29) is 25.3 Å². The molecule has 0 fully saturated rings. The van der Waals surface area contributed by atoms with E-state index in [0.717, 1.165) is 5.56 Å². The molecule has 0 aromatic heterocycles. The molecule has 0 saturated carbocycles. The molecule has 2 N–H and O–H groups in total. The third-order valence-electron chi connectivity index (χ3n) is 2.57. The van der Waals surface area contributed by atoms with E-state index < -0.39 is 12.1 Å². The highest BCUT2D eigenvalue weighted by Crippen LogP contribution is 2.15. The Bertz CT molecular complexity index is 450. The van der Waals surface area contributed by atoms with E-state index in [0.29, 0.717) is 5.02 Å². The van der Waals surface area contributed by atoms with Crippen molar-refractivity contribution in [3.05, 3.63) is 34.9 Å². The molecule has 0 radical (unpaired) electrons. The van der Waals surface area contributed by atoms with Crippen LogP contribution in [0.3, 0.4) is 0 Å². The zero-order chi connectivity index (χ0) is 14.3. The number of nitrogens with one attached hydrogen (secondary N) is 1. The van der Waals surface area contributed by atoms with E-state index in [2.05, 4.69) is 5.32 Å². The number of hydrogen-bond acceptors (Lipinski definition) is 3. The largest absolute Gasteiger partial charge is 0.481 e. The number of carbonyl (C=O) groups is 2. The Balaban J connectivity index is 2.43. The van der Waals surface area contributed by atoms with Gasteiger partial charge in [0.05, 0.1) is 18.9 Å². The molecule has 104 valence electrons. The van der Waals surface area contributed by atoms with Gasteiger partial charge >= 0.3 is 5.97 Å². The third kappa shape index (κ3) is 5.72. The molecule has 0 heterocycles. The Hall–Kier alpha value is -1.59. The van der Waals surface area contributed by atoms with Crippen LogP contribution in [0.4, 0.5) is 0 Å². The number of aliphatic carboxylic acids is 1. The minimum absolute atomic E-state index is 0.150. The van der Waals surface area contributed by atoms with Crippen LogP contribution in [0.2, 0.25) is 5.02 Å². The highest BCUT2D eigenvalue weighted by molar-refractivity contribution is 6.31. The summed E-state index contributed by atoms with van der Waals surface area (Å²) in [6.07, 6.45) is -0.529. The van der Waals surface area contributed by atoms with E-state index >= 15 is 0 Å². The molecule has 19 heavy (non-hydrogen) atoms. The van der Waals surface area contributed by atoms with Crippen LogP contribution in [0.25, 0.3) is 0 Å². The van der Waals surface area contributed by atoms with Crippen molar-refractivity contribution in [2.45, 2.75) is 18.9 Å². The number of methoxy groups -OCH3 is 1. The Kier molecular flexibility index (Phi) is 6.32. The van der Waals surface area contributed by atoms with Gasteiger partial charge in [0.2, 0.25) is 5.91 Å². The number of carboxylic acid groups (broad SMARTS) is 1. The topological polar surface area (TPSA) is 75.6 Å². The second kappa shape index (κ2) is 7.76. The monoisotopic (exact) mass is 285 g/mol. The first-order chi connectivity index (χ1) is 9.02. The first-order valence-electron chi connectivity index (χ1n) is 5.77. The smallest absolute Gasteiger partial charge is 0.306 e. The van der Waals surface area contributed by atoms with Crippen molar-refractivity contribution in [1.82, 2.24) is 5.32 Å². The second-order valence-electron chi connectivity index (χ2n) is 4.03. The van der Waals surface area contributed by atoms with Gasteiger partial charge in [-0.3, -0.25) is 9.59 Å². The molecule has 0 aliphatic carbocycles. The number of carbonyl (C=O) groups excluding carboxylic acids is 1. The number of amides is 1. The summed E-state index contributed by atoms with van der Waals surface area (Å²) in [6, 6.07) is 7.08. The fraction of sp³-hybridized carbons (Fsp3) is 0.385. The van der Waals surface area contributed by atoms with Crippen molar-refractivity contribution in [3.8, 4) is 0 Å². The van der Waals surface area contributed by atoms with Crippen LogP contribution >= 0.6 is 11.6 Å². The van der Waals surface area contributed by atoms with Crippen LogP contribution in [-0.2, 0) is 20.7 Å². The minimum Gasteiger partial charge on any atom is -0.481 e. The van der Waals surface area contributed by atoms with Crippen molar-refractivity contribution in [2.24, 2.45) is 0 Å². The average Bonchev–Trinajstić information content (AvgIpc) is 2.37. The molecular formula is C13H16ClNO4. The summed E-state index contributed by atoms with van der Waals surface area (Å²) in [5, 5.41) is 11.8. The zero-order valence-electron chi connectivity index (χ0n) is 10.6. The molecule has 1 unspecified atom stereocenters. The lowest BCUT2D eigenvalue weighted by Gasteiger charge is -2.14. The summed E-state index contributed by atoms with van der Waals surface area (Å²) in [6.45, 7) is 0.159. The summed E-state index contributed by atoms with van der Waals surface area (Å²) >= 11 is 5.94. The predicted molar refractivity (Wildman–Crippen MR) is 71.2 cm³/mol. The maximum atomic E-state index is 11.7. The highest BCUT2D eigenvalue weighted by Gasteiger charge is 2.14. The fourth-order valence-corrected chi connectivity index (χ4v) is 1.74. The molecule has 0 aliphatic heterocycles. The van der Waals surface area contributed by atoms with Gasteiger partial charge in [0.25, 0.3) is 0 Å². The molecule has 0 bridgehead atoms. The van der Waals surface area contributed by atoms with Crippen molar-refractivity contribution >= 4 is 23.5 Å². The van der Waals surface area contributed by atoms with Crippen LogP contribution in [0.1, 0.15) is 12.0 Å². The number of halogens is 1. The Morgan fingerprint density at radius 2 is 2.11 bits per heavy atom. The van der Waals surface area contributed by atoms with Gasteiger partial charge in [0, 0.05) is 18.7 Å². The molecule has 1 atom stereocenters. The Morgan fingerprint density at radius 1 is 1.42 bits per heavy atom. The summed E-state index contributed by atoms with van der Waals surface area (Å²) in [5.74, 6) is -1.19. The van der Waals surface area contributed by atoms with Crippen molar-refractivity contribution in [1.29, 1.82) is 0 Å². The quantitative estimate of drug-likeness (QED) is 0.796. The van der Waals surface area contributed by atoms with Gasteiger partial charge in [-0.1, -0.05) is 29.8 Å². The fourth-order valence-electron chi connectivity index (χ4n) is 1.54. The van der Waals surface area contributed by atoms with E-state index in [4.69, 9.17) is 21.4 Å². The zero-order valence-corrected chi connectivity index (χ0v) is 11.3. The Morgan fingerprint density at radius 3 is 2.68 bits per heavy atom.